The minimum atomic E-state index is 0.403. The van der Waals surface area contributed by atoms with Crippen LogP contribution in [0.25, 0.3) is 0 Å². The quantitative estimate of drug-likeness (QED) is 0.343. The van der Waals surface area contributed by atoms with Gasteiger partial charge in [-0.1, -0.05) is 35.9 Å². The summed E-state index contributed by atoms with van der Waals surface area (Å²) >= 11 is 0. The Morgan fingerprint density at radius 3 is 2.43 bits per heavy atom. The van der Waals surface area contributed by atoms with Crippen LogP contribution in [0.15, 0.2) is 42.5 Å². The lowest BCUT2D eigenvalue weighted by molar-refractivity contribution is -0.109. The van der Waals surface area contributed by atoms with Gasteiger partial charge in [-0.05, 0) is 37.1 Å². The van der Waals surface area contributed by atoms with E-state index in [1.807, 2.05) is 7.05 Å². The molecule has 0 atom stereocenters. The zero-order chi connectivity index (χ0) is 17.2. The lowest BCUT2D eigenvalue weighted by atomic mass is 10.1. The SMILES string of the molecule is CNc1ccccc1N(C)Cc1cc(C)ccc1C.NNC=O. The first kappa shape index (κ1) is 18.5. The van der Waals surface area contributed by atoms with Gasteiger partial charge in [0, 0.05) is 20.6 Å². The highest BCUT2D eigenvalue weighted by molar-refractivity contribution is 5.69. The van der Waals surface area contributed by atoms with E-state index in [4.69, 9.17) is 4.79 Å². The van der Waals surface area contributed by atoms with Crippen LogP contribution in [0, 0.1) is 13.8 Å². The number of carbonyl (C=O) groups excluding carboxylic acids is 1. The molecule has 0 aliphatic carbocycles. The Balaban J connectivity index is 0.000000593. The molecule has 0 aromatic heterocycles. The molecular weight excluding hydrogens is 288 g/mol. The summed E-state index contributed by atoms with van der Waals surface area (Å²) in [5.74, 6) is 4.41. The zero-order valence-electron chi connectivity index (χ0n) is 14.3. The number of aryl methyl sites for hydroxylation is 2. The monoisotopic (exact) mass is 314 g/mol. The van der Waals surface area contributed by atoms with Crippen molar-refractivity contribution in [1.29, 1.82) is 0 Å². The van der Waals surface area contributed by atoms with Crippen molar-refractivity contribution in [2.24, 2.45) is 5.84 Å². The number of amides is 1. The van der Waals surface area contributed by atoms with Gasteiger partial charge in [-0.25, -0.2) is 5.84 Å². The van der Waals surface area contributed by atoms with Crippen molar-refractivity contribution in [3.05, 3.63) is 59.2 Å². The van der Waals surface area contributed by atoms with Crippen molar-refractivity contribution >= 4 is 17.8 Å². The Morgan fingerprint density at radius 2 is 1.83 bits per heavy atom. The van der Waals surface area contributed by atoms with Gasteiger partial charge in [0.1, 0.15) is 0 Å². The van der Waals surface area contributed by atoms with Gasteiger partial charge in [0.2, 0.25) is 6.41 Å². The van der Waals surface area contributed by atoms with E-state index in [1.54, 1.807) is 5.43 Å². The van der Waals surface area contributed by atoms with E-state index < -0.39 is 0 Å². The lowest BCUT2D eigenvalue weighted by Gasteiger charge is -2.23. The van der Waals surface area contributed by atoms with Crippen molar-refractivity contribution in [2.45, 2.75) is 20.4 Å². The second-order valence-corrected chi connectivity index (χ2v) is 5.34. The molecule has 2 rings (SSSR count). The average molecular weight is 314 g/mol. The Bertz CT molecular complexity index is 628. The Labute approximate surface area is 138 Å². The fraction of sp³-hybridized carbons (Fsp3) is 0.278. The summed E-state index contributed by atoms with van der Waals surface area (Å²) in [6, 6.07) is 15.0. The van der Waals surface area contributed by atoms with Crippen LogP contribution in [0.3, 0.4) is 0 Å². The molecule has 4 N–H and O–H groups in total. The molecule has 0 saturated carbocycles. The summed E-state index contributed by atoms with van der Waals surface area (Å²) in [4.78, 5) is 11.2. The zero-order valence-corrected chi connectivity index (χ0v) is 14.3. The summed E-state index contributed by atoms with van der Waals surface area (Å²) in [6.07, 6.45) is 0.403. The van der Waals surface area contributed by atoms with Gasteiger partial charge in [-0.15, -0.1) is 0 Å². The molecule has 0 fully saturated rings. The molecule has 23 heavy (non-hydrogen) atoms. The summed E-state index contributed by atoms with van der Waals surface area (Å²) < 4.78 is 0. The van der Waals surface area contributed by atoms with Crippen LogP contribution >= 0.6 is 0 Å². The molecule has 0 saturated heterocycles. The molecule has 2 aromatic carbocycles. The van der Waals surface area contributed by atoms with Gasteiger partial charge >= 0.3 is 0 Å². The molecule has 0 spiro atoms. The smallest absolute Gasteiger partial charge is 0.221 e. The molecule has 124 valence electrons. The third-order valence-electron chi connectivity index (χ3n) is 3.56. The number of anilines is 2. The largest absolute Gasteiger partial charge is 0.386 e. The van der Waals surface area contributed by atoms with Crippen LogP contribution in [-0.2, 0) is 11.3 Å². The molecule has 0 heterocycles. The van der Waals surface area contributed by atoms with E-state index in [-0.39, 0.29) is 0 Å². The van der Waals surface area contributed by atoms with Crippen LogP contribution < -0.4 is 21.5 Å². The number of hydrogen-bond donors (Lipinski definition) is 3. The number of nitrogens with two attached hydrogens (primary N) is 1. The van der Waals surface area contributed by atoms with Crippen LogP contribution in [0.2, 0.25) is 0 Å². The molecule has 0 unspecified atom stereocenters. The maximum absolute atomic E-state index is 8.94. The minimum absolute atomic E-state index is 0.403. The molecule has 5 heteroatoms. The molecule has 0 aliphatic rings. The Kier molecular flexibility index (Phi) is 7.63. The first-order valence-corrected chi connectivity index (χ1v) is 7.47. The first-order valence-electron chi connectivity index (χ1n) is 7.47. The predicted octanol–water partition coefficient (Wildman–Crippen LogP) is 2.59. The molecule has 0 bridgehead atoms. The van der Waals surface area contributed by atoms with Gasteiger partial charge in [-0.3, -0.25) is 10.2 Å². The lowest BCUT2D eigenvalue weighted by Crippen LogP contribution is -2.18. The van der Waals surface area contributed by atoms with Gasteiger partial charge < -0.3 is 10.2 Å². The molecule has 1 amide bonds. The topological polar surface area (TPSA) is 70.4 Å². The van der Waals surface area contributed by atoms with Gasteiger partial charge in [0.05, 0.1) is 11.4 Å². The number of benzene rings is 2. The second kappa shape index (κ2) is 9.48. The predicted molar refractivity (Wildman–Crippen MR) is 97.4 cm³/mol. The van der Waals surface area contributed by atoms with Crippen molar-refractivity contribution in [3.8, 4) is 0 Å². The normalized spacial score (nSPS) is 9.43. The summed E-state index contributed by atoms with van der Waals surface area (Å²) in [5.41, 5.74) is 8.19. The van der Waals surface area contributed by atoms with Crippen molar-refractivity contribution < 1.29 is 4.79 Å². The number of hydrogen-bond acceptors (Lipinski definition) is 4. The summed E-state index contributed by atoms with van der Waals surface area (Å²) in [6.45, 7) is 5.24. The molecule has 0 aliphatic heterocycles. The van der Waals surface area contributed by atoms with E-state index in [9.17, 15) is 0 Å². The maximum atomic E-state index is 8.94. The van der Waals surface area contributed by atoms with E-state index in [2.05, 4.69) is 79.4 Å². The molecular formula is C18H26N4O. The van der Waals surface area contributed by atoms with Crippen LogP contribution in [-0.4, -0.2) is 20.5 Å². The molecule has 0 radical (unpaired) electrons. The highest BCUT2D eigenvalue weighted by atomic mass is 16.1. The van der Waals surface area contributed by atoms with Crippen LogP contribution in [0.1, 0.15) is 16.7 Å². The number of hydrazine groups is 1. The van der Waals surface area contributed by atoms with Crippen LogP contribution in [0.5, 0.6) is 0 Å². The summed E-state index contributed by atoms with van der Waals surface area (Å²) in [7, 11) is 4.10. The fourth-order valence-electron chi connectivity index (χ4n) is 2.33. The fourth-order valence-corrected chi connectivity index (χ4v) is 2.33. The van der Waals surface area contributed by atoms with E-state index in [0.717, 1.165) is 12.2 Å². The van der Waals surface area contributed by atoms with Crippen LogP contribution in [0.4, 0.5) is 11.4 Å². The first-order chi connectivity index (χ1) is 11.0. The highest BCUT2D eigenvalue weighted by Gasteiger charge is 2.08. The van der Waals surface area contributed by atoms with Gasteiger partial charge in [-0.2, -0.15) is 0 Å². The second-order valence-electron chi connectivity index (χ2n) is 5.34. The number of nitrogens with one attached hydrogen (secondary N) is 2. The van der Waals surface area contributed by atoms with E-state index in [0.29, 0.717) is 6.41 Å². The number of para-hydroxylation sites is 2. The third kappa shape index (κ3) is 5.64. The summed E-state index contributed by atoms with van der Waals surface area (Å²) in [5, 5.41) is 3.25. The molecule has 5 nitrogen and oxygen atoms in total. The average Bonchev–Trinajstić information content (AvgIpc) is 2.58. The minimum Gasteiger partial charge on any atom is -0.386 e. The van der Waals surface area contributed by atoms with Gasteiger partial charge in [0.25, 0.3) is 0 Å². The maximum Gasteiger partial charge on any atom is 0.221 e. The number of carbonyl (C=O) groups is 1. The Morgan fingerprint density at radius 1 is 1.17 bits per heavy atom. The number of rotatable bonds is 5. The van der Waals surface area contributed by atoms with E-state index in [1.165, 1.54) is 22.4 Å². The highest BCUT2D eigenvalue weighted by Crippen LogP contribution is 2.26. The van der Waals surface area contributed by atoms with Crippen molar-refractivity contribution in [1.82, 2.24) is 5.43 Å². The molecule has 2 aromatic rings. The third-order valence-corrected chi connectivity index (χ3v) is 3.56. The van der Waals surface area contributed by atoms with Gasteiger partial charge in [0.15, 0.2) is 0 Å². The standard InChI is InChI=1S/C17H22N2.CH4N2O/c1-13-9-10-14(2)15(11-13)12-19(4)17-8-6-5-7-16(17)18-3;2-3-1-4/h5-11,18H,12H2,1-4H3;1H,2H2,(H,3,4). The van der Waals surface area contributed by atoms with Crippen molar-refractivity contribution in [3.63, 3.8) is 0 Å². The van der Waals surface area contributed by atoms with E-state index >= 15 is 0 Å². The Hall–Kier alpha value is -2.53. The van der Waals surface area contributed by atoms with Crippen molar-refractivity contribution in [2.75, 3.05) is 24.3 Å². The number of nitrogens with zero attached hydrogens (tertiary/aromatic N) is 1.